The Morgan fingerprint density at radius 2 is 1.77 bits per heavy atom. The Kier molecular flexibility index (Phi) is 9.92. The maximum Gasteiger partial charge on any atom is 0.408 e. The van der Waals surface area contributed by atoms with E-state index >= 15 is 0 Å². The molecule has 3 fully saturated rings. The Hall–Kier alpha value is -3.14. The predicted octanol–water partition coefficient (Wildman–Crippen LogP) is 0.376. The van der Waals surface area contributed by atoms with Crippen LogP contribution >= 0.6 is 0 Å². The summed E-state index contributed by atoms with van der Waals surface area (Å²) in [5, 5.41) is 61.3. The van der Waals surface area contributed by atoms with Crippen LogP contribution < -0.4 is 5.32 Å². The third kappa shape index (κ3) is 5.82. The molecule has 14 heteroatoms. The Labute approximate surface area is 273 Å². The number of aliphatic hydroxyl groups is 5. The first-order valence-corrected chi connectivity index (χ1v) is 15.6. The van der Waals surface area contributed by atoms with Crippen molar-refractivity contribution in [1.29, 1.82) is 0 Å². The van der Waals surface area contributed by atoms with Gasteiger partial charge in [-0.25, -0.2) is 9.59 Å². The molecule has 0 aromatic rings. The molecule has 1 unspecified atom stereocenters. The number of ketones is 1. The summed E-state index contributed by atoms with van der Waals surface area (Å²) in [6, 6.07) is -1.29. The van der Waals surface area contributed by atoms with Gasteiger partial charge in [-0.3, -0.25) is 9.59 Å². The van der Waals surface area contributed by atoms with Gasteiger partial charge in [0, 0.05) is 31.1 Å². The van der Waals surface area contributed by atoms with Gasteiger partial charge in [0.1, 0.15) is 36.1 Å². The van der Waals surface area contributed by atoms with Gasteiger partial charge in [-0.05, 0) is 38.8 Å². The molecule has 4 rings (SSSR count). The van der Waals surface area contributed by atoms with Gasteiger partial charge in [0.25, 0.3) is 0 Å². The average molecular weight is 666 g/mol. The molecule has 11 atom stereocenters. The zero-order valence-corrected chi connectivity index (χ0v) is 27.8. The predicted molar refractivity (Wildman–Crippen MR) is 163 cm³/mol. The largest absolute Gasteiger partial charge is 0.459 e. The molecule has 1 heterocycles. The first-order chi connectivity index (χ1) is 21.7. The molecular formula is C33H47NO13. The number of nitrogens with one attached hydrogen (secondary N) is 1. The highest BCUT2D eigenvalue weighted by Gasteiger charge is 2.76. The van der Waals surface area contributed by atoms with Crippen LogP contribution in [-0.2, 0) is 33.3 Å². The summed E-state index contributed by atoms with van der Waals surface area (Å²) < 4.78 is 22.0. The van der Waals surface area contributed by atoms with Crippen molar-refractivity contribution in [1.82, 2.24) is 5.32 Å². The first-order valence-electron chi connectivity index (χ1n) is 15.6. The van der Waals surface area contributed by atoms with Crippen molar-refractivity contribution in [3.63, 3.8) is 0 Å². The Balaban J connectivity index is 1.82. The maximum absolute atomic E-state index is 14.3. The number of amides is 1. The molecule has 0 radical (unpaired) electrons. The average Bonchev–Trinajstić information content (AvgIpc) is 2.97. The second kappa shape index (κ2) is 12.7. The van der Waals surface area contributed by atoms with Crippen LogP contribution in [0, 0.1) is 16.7 Å². The minimum absolute atomic E-state index is 0.0292. The number of rotatable bonds is 8. The van der Waals surface area contributed by atoms with E-state index in [1.165, 1.54) is 39.8 Å². The first kappa shape index (κ1) is 36.7. The second-order valence-corrected chi connectivity index (χ2v) is 14.1. The highest BCUT2D eigenvalue weighted by molar-refractivity contribution is 5.93. The van der Waals surface area contributed by atoms with Crippen molar-refractivity contribution in [2.75, 3.05) is 13.2 Å². The van der Waals surface area contributed by atoms with E-state index in [0.717, 1.165) is 6.92 Å². The van der Waals surface area contributed by atoms with Crippen molar-refractivity contribution in [3.05, 3.63) is 35.5 Å². The highest BCUT2D eigenvalue weighted by atomic mass is 16.6. The van der Waals surface area contributed by atoms with Gasteiger partial charge in [0.15, 0.2) is 11.9 Å². The van der Waals surface area contributed by atoms with Gasteiger partial charge in [-0.15, -0.1) is 0 Å². The van der Waals surface area contributed by atoms with E-state index in [2.05, 4.69) is 11.9 Å². The number of carbonyl (C=O) groups excluding carboxylic acids is 4. The normalized spacial score (nSPS) is 38.5. The third-order valence-corrected chi connectivity index (χ3v) is 10.6. The minimum atomic E-state index is -2.23. The maximum atomic E-state index is 14.3. The summed E-state index contributed by atoms with van der Waals surface area (Å²) in [7, 11) is 0. The van der Waals surface area contributed by atoms with E-state index in [-0.39, 0.29) is 30.8 Å². The van der Waals surface area contributed by atoms with Gasteiger partial charge in [0.05, 0.1) is 30.3 Å². The summed E-state index contributed by atoms with van der Waals surface area (Å²) in [4.78, 5) is 52.7. The van der Waals surface area contributed by atoms with Gasteiger partial charge >= 0.3 is 18.0 Å². The number of aliphatic hydroxyl groups excluding tert-OH is 3. The van der Waals surface area contributed by atoms with Crippen LogP contribution in [0.2, 0.25) is 0 Å². The lowest BCUT2D eigenvalue weighted by Crippen LogP contribution is -2.81. The van der Waals surface area contributed by atoms with Gasteiger partial charge in [-0.2, -0.15) is 0 Å². The molecule has 4 aliphatic rings. The fourth-order valence-corrected chi connectivity index (χ4v) is 8.04. The van der Waals surface area contributed by atoms with Crippen molar-refractivity contribution in [2.45, 2.75) is 115 Å². The molecule has 6 N–H and O–H groups in total. The topological polar surface area (TPSA) is 218 Å². The fraction of sp³-hybridized carbons (Fsp3) is 0.697. The lowest BCUT2D eigenvalue weighted by molar-refractivity contribution is -0.345. The van der Waals surface area contributed by atoms with Crippen LogP contribution in [0.1, 0.15) is 61.3 Å². The van der Waals surface area contributed by atoms with Gasteiger partial charge < -0.3 is 49.8 Å². The monoisotopic (exact) mass is 665 g/mol. The lowest BCUT2D eigenvalue weighted by atomic mass is 9.45. The van der Waals surface area contributed by atoms with Crippen molar-refractivity contribution < 1.29 is 63.7 Å². The number of hydrogen-bond acceptors (Lipinski definition) is 13. The number of Topliss-reactive ketones (excluding diaryl/α,β-unsaturated/α-hetero) is 1. The van der Waals surface area contributed by atoms with Crippen LogP contribution in [0.4, 0.5) is 4.79 Å². The Morgan fingerprint density at radius 1 is 1.13 bits per heavy atom. The molecule has 0 spiro atoms. The standard InChI is InChI=1S/C33H47NO13/c1-9-10-44-29(41)34-18(11-15(2)3)23(37)28(40)47-19-13-33(43)27(46-17(5)35)25-31(8,20(36)12-21-32(25,42)14-45-21)26(39)24(38)22(16(19)4)30(33,6)7/h9,11,18-21,23-25,27,36-38,42-43H,1,10,12-14H2,2-8H3,(H,34,41)/t18-,19?,20-,21+,23+,24+,25-,27-,31+,32-,33+/m0/s1. The zero-order chi connectivity index (χ0) is 35.4. The summed E-state index contributed by atoms with van der Waals surface area (Å²) in [5.74, 6) is -4.41. The molecule has 2 saturated carbocycles. The van der Waals surface area contributed by atoms with E-state index in [1.54, 1.807) is 13.8 Å². The number of carbonyl (C=O) groups is 4. The molecule has 1 aliphatic heterocycles. The molecule has 14 nitrogen and oxygen atoms in total. The van der Waals surface area contributed by atoms with E-state index in [9.17, 15) is 44.7 Å². The quantitative estimate of drug-likeness (QED) is 0.118. The number of ether oxygens (including phenoxy) is 4. The number of hydrogen-bond donors (Lipinski definition) is 6. The molecule has 1 amide bonds. The van der Waals surface area contributed by atoms with Crippen molar-refractivity contribution in [3.8, 4) is 0 Å². The molecule has 0 aromatic heterocycles. The SMILES string of the molecule is C=CCOC(=O)N[C@@H](C=C(C)C)[C@@H](O)C(=O)OC1C[C@@]2(O)[C@@H](OC(C)=O)[C@@H]3[C@]4(O)CO[C@@H]4C[C@H](O)[C@@]3(C)C(=O)[C@H](O)C(=C1C)C2(C)C. The van der Waals surface area contributed by atoms with Crippen molar-refractivity contribution >= 4 is 23.8 Å². The molecule has 262 valence electrons. The van der Waals surface area contributed by atoms with Crippen LogP contribution in [0.15, 0.2) is 35.5 Å². The minimum Gasteiger partial charge on any atom is -0.459 e. The molecular weight excluding hydrogens is 618 g/mol. The van der Waals surface area contributed by atoms with E-state index in [0.29, 0.717) is 5.57 Å². The summed E-state index contributed by atoms with van der Waals surface area (Å²) in [6.07, 6.45) is -8.15. The van der Waals surface area contributed by atoms with Crippen molar-refractivity contribution in [2.24, 2.45) is 16.7 Å². The van der Waals surface area contributed by atoms with Gasteiger partial charge in [0.2, 0.25) is 0 Å². The Bertz CT molecular complexity index is 1380. The zero-order valence-electron chi connectivity index (χ0n) is 27.8. The smallest absolute Gasteiger partial charge is 0.408 e. The molecule has 3 aliphatic carbocycles. The summed E-state index contributed by atoms with van der Waals surface area (Å²) >= 11 is 0. The van der Waals surface area contributed by atoms with E-state index in [4.69, 9.17) is 18.9 Å². The number of alkyl carbamates (subject to hydrolysis) is 1. The molecule has 47 heavy (non-hydrogen) atoms. The Morgan fingerprint density at radius 3 is 2.30 bits per heavy atom. The van der Waals surface area contributed by atoms with Crippen LogP contribution in [-0.4, -0.2) is 116 Å². The number of fused-ring (bicyclic) bond motifs is 5. The van der Waals surface area contributed by atoms with Crippen LogP contribution in [0.25, 0.3) is 0 Å². The molecule has 0 aromatic carbocycles. The summed E-state index contributed by atoms with van der Waals surface area (Å²) in [5.41, 5.74) is -6.71. The van der Waals surface area contributed by atoms with Gasteiger partial charge in [-0.1, -0.05) is 38.2 Å². The summed E-state index contributed by atoms with van der Waals surface area (Å²) in [6.45, 7) is 13.4. The fourth-order valence-electron chi connectivity index (χ4n) is 8.04. The number of esters is 2. The number of allylic oxidation sites excluding steroid dienone is 1. The molecule has 1 saturated heterocycles. The lowest BCUT2D eigenvalue weighted by Gasteiger charge is -2.66. The van der Waals surface area contributed by atoms with Crippen LogP contribution in [0.5, 0.6) is 0 Å². The van der Waals surface area contributed by atoms with Crippen LogP contribution in [0.3, 0.4) is 0 Å². The molecule has 2 bridgehead atoms. The second-order valence-electron chi connectivity index (χ2n) is 14.1. The van der Waals surface area contributed by atoms with E-state index < -0.39 is 101 Å². The third-order valence-electron chi connectivity index (χ3n) is 10.6. The van der Waals surface area contributed by atoms with E-state index in [1.807, 2.05) is 0 Å². The highest BCUT2D eigenvalue weighted by Crippen LogP contribution is 2.63.